The van der Waals surface area contributed by atoms with Gasteiger partial charge in [-0.15, -0.1) is 0 Å². The zero-order valence-electron chi connectivity index (χ0n) is 17.2. The minimum Gasteiger partial charge on any atom is -0.427 e. The highest BCUT2D eigenvalue weighted by Gasteiger charge is 2.12. The van der Waals surface area contributed by atoms with E-state index in [0.29, 0.717) is 22.6 Å². The zero-order chi connectivity index (χ0) is 22.5. The van der Waals surface area contributed by atoms with E-state index in [4.69, 9.17) is 4.74 Å². The van der Waals surface area contributed by atoms with E-state index in [2.05, 4.69) is 20.6 Å². The first-order valence-corrected chi connectivity index (χ1v) is 9.88. The largest absolute Gasteiger partial charge is 0.427 e. The van der Waals surface area contributed by atoms with Crippen molar-refractivity contribution in [2.75, 3.05) is 5.32 Å². The van der Waals surface area contributed by atoms with Crippen LogP contribution in [0.25, 0.3) is 11.0 Å². The van der Waals surface area contributed by atoms with Crippen molar-refractivity contribution in [2.45, 2.75) is 13.5 Å². The van der Waals surface area contributed by atoms with Crippen LogP contribution in [0.15, 0.2) is 73.1 Å². The van der Waals surface area contributed by atoms with E-state index >= 15 is 0 Å². The normalized spacial score (nSPS) is 10.5. The van der Waals surface area contributed by atoms with Crippen molar-refractivity contribution in [1.82, 2.24) is 15.3 Å². The number of hydrogen-bond donors (Lipinski definition) is 3. The summed E-state index contributed by atoms with van der Waals surface area (Å²) in [6, 6.07) is 18.8. The number of anilines is 1. The molecule has 0 aliphatic heterocycles. The van der Waals surface area contributed by atoms with Gasteiger partial charge in [0, 0.05) is 30.3 Å². The first-order chi connectivity index (χ1) is 15.5. The van der Waals surface area contributed by atoms with Crippen molar-refractivity contribution < 1.29 is 19.1 Å². The van der Waals surface area contributed by atoms with Crippen LogP contribution in [0.3, 0.4) is 0 Å². The first-order valence-electron chi connectivity index (χ1n) is 9.88. The van der Waals surface area contributed by atoms with E-state index in [1.165, 1.54) is 13.0 Å². The lowest BCUT2D eigenvalue weighted by molar-refractivity contribution is -0.131. The molecule has 2 amide bonds. The highest BCUT2D eigenvalue weighted by Crippen LogP contribution is 2.19. The Hall–Kier alpha value is -4.46. The topological polar surface area (TPSA) is 113 Å². The van der Waals surface area contributed by atoms with Gasteiger partial charge >= 0.3 is 5.97 Å². The fraction of sp³-hybridized carbons (Fsp3) is 0.0833. The molecule has 0 radical (unpaired) electrons. The minimum atomic E-state index is -0.459. The van der Waals surface area contributed by atoms with Gasteiger partial charge in [0.2, 0.25) is 0 Å². The van der Waals surface area contributed by atoms with Crippen molar-refractivity contribution >= 4 is 34.5 Å². The number of ether oxygens (including phenoxy) is 1. The van der Waals surface area contributed by atoms with E-state index in [1.54, 1.807) is 48.8 Å². The monoisotopic (exact) mass is 428 g/mol. The number of nitrogens with zero attached hydrogens (tertiary/aromatic N) is 1. The molecule has 0 spiro atoms. The Bertz CT molecular complexity index is 1310. The summed E-state index contributed by atoms with van der Waals surface area (Å²) >= 11 is 0. The number of carbonyl (C=O) groups excluding carboxylic acids is 3. The number of H-pyrrole nitrogens is 1. The van der Waals surface area contributed by atoms with E-state index in [-0.39, 0.29) is 18.4 Å². The number of aromatic nitrogens is 2. The quantitative estimate of drug-likeness (QED) is 0.320. The number of hydrogen-bond acceptors (Lipinski definition) is 5. The van der Waals surface area contributed by atoms with E-state index < -0.39 is 5.97 Å². The molecule has 3 N–H and O–H groups in total. The van der Waals surface area contributed by atoms with Crippen molar-refractivity contribution in [2.24, 2.45) is 0 Å². The van der Waals surface area contributed by atoms with Gasteiger partial charge in [0.05, 0.1) is 17.4 Å². The molecule has 8 nitrogen and oxygen atoms in total. The number of aromatic amines is 1. The van der Waals surface area contributed by atoms with Crippen LogP contribution in [-0.2, 0) is 11.3 Å². The first kappa shape index (κ1) is 20.8. The fourth-order valence-electron chi connectivity index (χ4n) is 3.21. The maximum atomic E-state index is 12.7. The Morgan fingerprint density at radius 2 is 1.75 bits per heavy atom. The molecule has 0 fully saturated rings. The summed E-state index contributed by atoms with van der Waals surface area (Å²) in [5.41, 5.74) is 3.74. The Morgan fingerprint density at radius 1 is 0.938 bits per heavy atom. The second-order valence-electron chi connectivity index (χ2n) is 7.05. The third-order valence-corrected chi connectivity index (χ3v) is 4.75. The molecule has 1 heterocycles. The summed E-state index contributed by atoms with van der Waals surface area (Å²) in [4.78, 5) is 43.6. The van der Waals surface area contributed by atoms with Gasteiger partial charge in [0.25, 0.3) is 11.8 Å². The number of amides is 2. The number of nitrogens with one attached hydrogen (secondary N) is 3. The van der Waals surface area contributed by atoms with Crippen molar-refractivity contribution in [1.29, 1.82) is 0 Å². The SMILES string of the molecule is CC(=O)Oc1cccc(C(=O)NCc2ccccc2NC(=O)c2ccc3nc[nH]c3c2)c1. The number of benzene rings is 3. The maximum absolute atomic E-state index is 12.7. The Kier molecular flexibility index (Phi) is 5.94. The summed E-state index contributed by atoms with van der Waals surface area (Å²) in [7, 11) is 0. The number of esters is 1. The molecular weight excluding hydrogens is 408 g/mol. The summed E-state index contributed by atoms with van der Waals surface area (Å²) in [5, 5.41) is 5.72. The lowest BCUT2D eigenvalue weighted by Gasteiger charge is -2.12. The Labute approximate surface area is 183 Å². The van der Waals surface area contributed by atoms with Crippen LogP contribution >= 0.6 is 0 Å². The average Bonchev–Trinajstić information content (AvgIpc) is 3.26. The minimum absolute atomic E-state index is 0.201. The number of imidazole rings is 1. The molecule has 1 aromatic heterocycles. The molecule has 8 heteroatoms. The molecule has 0 atom stereocenters. The Morgan fingerprint density at radius 3 is 2.59 bits per heavy atom. The van der Waals surface area contributed by atoms with Gasteiger partial charge in [-0.05, 0) is 48.0 Å². The predicted molar refractivity (Wildman–Crippen MR) is 119 cm³/mol. The maximum Gasteiger partial charge on any atom is 0.308 e. The van der Waals surface area contributed by atoms with Crippen molar-refractivity contribution in [3.05, 3.63) is 89.7 Å². The van der Waals surface area contributed by atoms with Crippen molar-refractivity contribution in [3.8, 4) is 5.75 Å². The van der Waals surface area contributed by atoms with E-state index in [0.717, 1.165) is 16.6 Å². The van der Waals surface area contributed by atoms with Crippen LogP contribution in [-0.4, -0.2) is 27.8 Å². The molecule has 4 rings (SSSR count). The molecular formula is C24H20N4O4. The lowest BCUT2D eigenvalue weighted by atomic mass is 10.1. The van der Waals surface area contributed by atoms with Gasteiger partial charge < -0.3 is 20.4 Å². The van der Waals surface area contributed by atoms with Gasteiger partial charge in [0.15, 0.2) is 0 Å². The predicted octanol–water partition coefficient (Wildman–Crippen LogP) is 3.67. The third kappa shape index (κ3) is 4.81. The van der Waals surface area contributed by atoms with Crippen LogP contribution in [0.5, 0.6) is 5.75 Å². The summed E-state index contributed by atoms with van der Waals surface area (Å²) in [6.45, 7) is 1.50. The lowest BCUT2D eigenvalue weighted by Crippen LogP contribution is -2.24. The summed E-state index contributed by atoms with van der Waals surface area (Å²) in [6.07, 6.45) is 1.58. The molecule has 0 bridgehead atoms. The van der Waals surface area contributed by atoms with Gasteiger partial charge in [-0.3, -0.25) is 14.4 Å². The molecule has 0 saturated carbocycles. The van der Waals surface area contributed by atoms with Crippen LogP contribution in [0.1, 0.15) is 33.2 Å². The second kappa shape index (κ2) is 9.13. The number of fused-ring (bicyclic) bond motifs is 1. The van der Waals surface area contributed by atoms with Gasteiger partial charge in [-0.25, -0.2) is 4.98 Å². The smallest absolute Gasteiger partial charge is 0.308 e. The van der Waals surface area contributed by atoms with Gasteiger partial charge in [-0.1, -0.05) is 24.3 Å². The summed E-state index contributed by atoms with van der Waals surface area (Å²) < 4.78 is 5.02. The van der Waals surface area contributed by atoms with Gasteiger partial charge in [-0.2, -0.15) is 0 Å². The third-order valence-electron chi connectivity index (χ3n) is 4.75. The highest BCUT2D eigenvalue weighted by atomic mass is 16.5. The van der Waals surface area contributed by atoms with Gasteiger partial charge in [0.1, 0.15) is 5.75 Å². The molecule has 0 aliphatic rings. The average molecular weight is 428 g/mol. The van der Waals surface area contributed by atoms with E-state index in [9.17, 15) is 14.4 Å². The van der Waals surface area contributed by atoms with Crippen LogP contribution < -0.4 is 15.4 Å². The highest BCUT2D eigenvalue weighted by molar-refractivity contribution is 6.06. The second-order valence-corrected chi connectivity index (χ2v) is 7.05. The molecule has 160 valence electrons. The fourth-order valence-corrected chi connectivity index (χ4v) is 3.21. The Balaban J connectivity index is 1.45. The standard InChI is InChI=1S/C24H20N4O4/c1-15(29)32-19-7-4-6-16(11-19)23(30)25-13-18-5-2-3-8-20(18)28-24(31)17-9-10-21-22(12-17)27-14-26-21/h2-12,14H,13H2,1H3,(H,25,30)(H,26,27)(H,28,31). The molecule has 0 unspecified atom stereocenters. The van der Waals surface area contributed by atoms with Crippen LogP contribution in [0.4, 0.5) is 5.69 Å². The number of para-hydroxylation sites is 1. The zero-order valence-corrected chi connectivity index (χ0v) is 17.2. The summed E-state index contributed by atoms with van der Waals surface area (Å²) in [5.74, 6) is -0.759. The van der Waals surface area contributed by atoms with Crippen LogP contribution in [0, 0.1) is 0 Å². The molecule has 32 heavy (non-hydrogen) atoms. The number of rotatable bonds is 6. The van der Waals surface area contributed by atoms with Crippen molar-refractivity contribution in [3.63, 3.8) is 0 Å². The molecule has 3 aromatic carbocycles. The van der Waals surface area contributed by atoms with E-state index in [1.807, 2.05) is 18.2 Å². The molecule has 0 saturated heterocycles. The molecule has 4 aromatic rings. The van der Waals surface area contributed by atoms with Crippen LogP contribution in [0.2, 0.25) is 0 Å². The molecule has 0 aliphatic carbocycles. The number of carbonyl (C=O) groups is 3.